The van der Waals surface area contributed by atoms with E-state index in [4.69, 9.17) is 5.73 Å². The van der Waals surface area contributed by atoms with Gasteiger partial charge in [-0.15, -0.1) is 0 Å². The zero-order valence-corrected chi connectivity index (χ0v) is 10.9. The molecule has 2 aliphatic rings. The fourth-order valence-electron chi connectivity index (χ4n) is 3.24. The Morgan fingerprint density at radius 1 is 1.28 bits per heavy atom. The largest absolute Gasteiger partial charge is 0.399 e. The number of hydrogen-bond donors (Lipinski definition) is 1. The Labute approximate surface area is 109 Å². The molecule has 1 aromatic rings. The summed E-state index contributed by atoms with van der Waals surface area (Å²) in [6.45, 7) is 5.88. The Kier molecular flexibility index (Phi) is 3.48. The van der Waals surface area contributed by atoms with Gasteiger partial charge in [0.2, 0.25) is 0 Å². The van der Waals surface area contributed by atoms with Gasteiger partial charge in [0.15, 0.2) is 0 Å². The van der Waals surface area contributed by atoms with Crippen LogP contribution in [-0.2, 0) is 6.54 Å². The van der Waals surface area contributed by atoms with Crippen LogP contribution in [0.5, 0.6) is 0 Å². The molecule has 2 aliphatic heterocycles. The maximum Gasteiger partial charge on any atom is 0.0564 e. The van der Waals surface area contributed by atoms with Crippen molar-refractivity contribution in [3.63, 3.8) is 0 Å². The van der Waals surface area contributed by atoms with E-state index < -0.39 is 0 Å². The highest BCUT2D eigenvalue weighted by Crippen LogP contribution is 2.22. The number of aromatic nitrogens is 1. The molecule has 0 radical (unpaired) electrons. The number of fused-ring (bicyclic) bond motifs is 1. The molecule has 1 atom stereocenters. The van der Waals surface area contributed by atoms with Crippen LogP contribution in [0, 0.1) is 0 Å². The van der Waals surface area contributed by atoms with Crippen LogP contribution >= 0.6 is 0 Å². The van der Waals surface area contributed by atoms with Gasteiger partial charge in [0, 0.05) is 31.0 Å². The molecule has 0 bridgehead atoms. The summed E-state index contributed by atoms with van der Waals surface area (Å²) in [7, 11) is 0. The van der Waals surface area contributed by atoms with Crippen LogP contribution in [0.15, 0.2) is 18.3 Å². The zero-order valence-electron chi connectivity index (χ0n) is 10.9. The van der Waals surface area contributed by atoms with Crippen LogP contribution in [-0.4, -0.2) is 47.0 Å². The van der Waals surface area contributed by atoms with Crippen molar-refractivity contribution in [1.29, 1.82) is 0 Å². The Morgan fingerprint density at radius 2 is 2.17 bits per heavy atom. The van der Waals surface area contributed by atoms with Crippen LogP contribution < -0.4 is 5.73 Å². The van der Waals surface area contributed by atoms with Crippen molar-refractivity contribution in [1.82, 2.24) is 14.8 Å². The molecule has 0 spiro atoms. The van der Waals surface area contributed by atoms with E-state index in [2.05, 4.69) is 14.8 Å². The molecule has 1 unspecified atom stereocenters. The topological polar surface area (TPSA) is 45.4 Å². The second-order valence-electron chi connectivity index (χ2n) is 5.50. The predicted molar refractivity (Wildman–Crippen MR) is 73.1 cm³/mol. The smallest absolute Gasteiger partial charge is 0.0564 e. The summed E-state index contributed by atoms with van der Waals surface area (Å²) in [5, 5.41) is 0. The molecule has 0 saturated carbocycles. The van der Waals surface area contributed by atoms with E-state index in [1.165, 1.54) is 45.4 Å². The quantitative estimate of drug-likeness (QED) is 0.855. The van der Waals surface area contributed by atoms with Gasteiger partial charge in [-0.1, -0.05) is 0 Å². The third-order valence-electron chi connectivity index (χ3n) is 4.11. The van der Waals surface area contributed by atoms with Gasteiger partial charge < -0.3 is 5.73 Å². The molecule has 0 aromatic carbocycles. The third kappa shape index (κ3) is 2.65. The van der Waals surface area contributed by atoms with E-state index in [0.29, 0.717) is 0 Å². The number of rotatable bonds is 2. The van der Waals surface area contributed by atoms with Crippen molar-refractivity contribution >= 4 is 5.69 Å². The van der Waals surface area contributed by atoms with E-state index in [1.54, 1.807) is 0 Å². The number of nitrogen functional groups attached to an aromatic ring is 1. The average molecular weight is 246 g/mol. The molecule has 2 saturated heterocycles. The lowest BCUT2D eigenvalue weighted by Crippen LogP contribution is -2.36. The molecule has 3 heterocycles. The molecule has 3 rings (SSSR count). The molecular formula is C14H22N4. The molecule has 18 heavy (non-hydrogen) atoms. The molecule has 2 N–H and O–H groups in total. The van der Waals surface area contributed by atoms with Crippen molar-refractivity contribution in [3.05, 3.63) is 24.0 Å². The van der Waals surface area contributed by atoms with Crippen molar-refractivity contribution in [3.8, 4) is 0 Å². The number of nitrogens with two attached hydrogens (primary N) is 1. The first-order valence-corrected chi connectivity index (χ1v) is 6.98. The first-order valence-electron chi connectivity index (χ1n) is 6.98. The maximum atomic E-state index is 5.81. The first-order chi connectivity index (χ1) is 8.81. The van der Waals surface area contributed by atoms with Gasteiger partial charge in [0.1, 0.15) is 0 Å². The van der Waals surface area contributed by atoms with Gasteiger partial charge in [-0.05, 0) is 51.0 Å². The van der Waals surface area contributed by atoms with E-state index in [-0.39, 0.29) is 0 Å². The van der Waals surface area contributed by atoms with Gasteiger partial charge in [0.05, 0.1) is 5.69 Å². The summed E-state index contributed by atoms with van der Waals surface area (Å²) in [4.78, 5) is 9.61. The fourth-order valence-corrected chi connectivity index (χ4v) is 3.24. The average Bonchev–Trinajstić information content (AvgIpc) is 2.69. The van der Waals surface area contributed by atoms with Crippen LogP contribution in [0.4, 0.5) is 5.69 Å². The number of hydrogen-bond acceptors (Lipinski definition) is 4. The van der Waals surface area contributed by atoms with E-state index >= 15 is 0 Å². The van der Waals surface area contributed by atoms with Gasteiger partial charge in [-0.3, -0.25) is 14.8 Å². The highest BCUT2D eigenvalue weighted by Gasteiger charge is 2.28. The second-order valence-corrected chi connectivity index (χ2v) is 5.50. The number of pyridine rings is 1. The number of anilines is 1. The van der Waals surface area contributed by atoms with Crippen molar-refractivity contribution in [2.24, 2.45) is 0 Å². The Bertz CT molecular complexity index is 407. The monoisotopic (exact) mass is 246 g/mol. The summed E-state index contributed by atoms with van der Waals surface area (Å²) in [5.41, 5.74) is 7.73. The summed E-state index contributed by atoms with van der Waals surface area (Å²) < 4.78 is 0. The van der Waals surface area contributed by atoms with E-state index in [9.17, 15) is 0 Å². The van der Waals surface area contributed by atoms with Crippen LogP contribution in [0.25, 0.3) is 0 Å². The highest BCUT2D eigenvalue weighted by atomic mass is 15.3. The van der Waals surface area contributed by atoms with Crippen molar-refractivity contribution in [2.45, 2.75) is 31.8 Å². The highest BCUT2D eigenvalue weighted by molar-refractivity contribution is 5.37. The first kappa shape index (κ1) is 11.9. The lowest BCUT2D eigenvalue weighted by molar-refractivity contribution is 0.214. The Hall–Kier alpha value is -1.13. The Morgan fingerprint density at radius 3 is 3.06 bits per heavy atom. The standard InChI is InChI=1S/C14H22N4/c15-12-4-5-16-13(9-12)10-17-6-2-8-18-7-1-3-14(18)11-17/h4-5,9,14H,1-3,6-8,10-11H2,(H2,15,16). The summed E-state index contributed by atoms with van der Waals surface area (Å²) in [6, 6.07) is 4.62. The van der Waals surface area contributed by atoms with Crippen LogP contribution in [0.2, 0.25) is 0 Å². The molecule has 98 valence electrons. The second kappa shape index (κ2) is 5.24. The SMILES string of the molecule is Nc1ccnc(CN2CCCN3CCCC3C2)c1. The van der Waals surface area contributed by atoms with Crippen LogP contribution in [0.3, 0.4) is 0 Å². The third-order valence-corrected chi connectivity index (χ3v) is 4.11. The normalized spacial score (nSPS) is 25.9. The minimum Gasteiger partial charge on any atom is -0.399 e. The van der Waals surface area contributed by atoms with Gasteiger partial charge in [0.25, 0.3) is 0 Å². The fraction of sp³-hybridized carbons (Fsp3) is 0.643. The zero-order chi connectivity index (χ0) is 12.4. The number of nitrogens with zero attached hydrogens (tertiary/aromatic N) is 3. The van der Waals surface area contributed by atoms with Gasteiger partial charge in [-0.25, -0.2) is 0 Å². The summed E-state index contributed by atoms with van der Waals surface area (Å²) in [6.07, 6.45) is 5.82. The van der Waals surface area contributed by atoms with Crippen molar-refractivity contribution in [2.75, 3.05) is 31.9 Å². The minimum absolute atomic E-state index is 0.772. The molecule has 0 aliphatic carbocycles. The molecular weight excluding hydrogens is 224 g/mol. The molecule has 4 nitrogen and oxygen atoms in total. The molecule has 1 aromatic heterocycles. The van der Waals surface area contributed by atoms with E-state index in [0.717, 1.165) is 24.0 Å². The molecule has 4 heteroatoms. The minimum atomic E-state index is 0.772. The molecule has 0 amide bonds. The molecule has 2 fully saturated rings. The van der Waals surface area contributed by atoms with Crippen molar-refractivity contribution < 1.29 is 0 Å². The maximum absolute atomic E-state index is 5.81. The van der Waals surface area contributed by atoms with Gasteiger partial charge in [-0.2, -0.15) is 0 Å². The Balaban J connectivity index is 1.65. The van der Waals surface area contributed by atoms with Crippen LogP contribution in [0.1, 0.15) is 25.0 Å². The lowest BCUT2D eigenvalue weighted by Gasteiger charge is -2.25. The lowest BCUT2D eigenvalue weighted by atomic mass is 10.2. The predicted octanol–water partition coefficient (Wildman–Crippen LogP) is 1.33. The van der Waals surface area contributed by atoms with Gasteiger partial charge >= 0.3 is 0 Å². The summed E-state index contributed by atoms with van der Waals surface area (Å²) in [5.74, 6) is 0. The summed E-state index contributed by atoms with van der Waals surface area (Å²) >= 11 is 0. The van der Waals surface area contributed by atoms with E-state index in [1.807, 2.05) is 18.3 Å².